The molecule has 0 radical (unpaired) electrons. The van der Waals surface area contributed by atoms with Crippen LogP contribution in [0.5, 0.6) is 0 Å². The number of hydrogen-bond donors (Lipinski definition) is 0. The van der Waals surface area contributed by atoms with Crippen molar-refractivity contribution in [3.8, 4) is 0 Å². The average Bonchev–Trinajstić information content (AvgIpc) is 2.78. The third kappa shape index (κ3) is 29.1. The lowest BCUT2D eigenvalue weighted by Gasteiger charge is -2.08. The summed E-state index contributed by atoms with van der Waals surface area (Å²) in [6, 6.07) is 0. The van der Waals surface area contributed by atoms with E-state index in [1.54, 1.807) is 12.2 Å². The topological polar surface area (TPSA) is 83.1 Å². The molecular weight excluding hydrogens is 408 g/mol. The summed E-state index contributed by atoms with van der Waals surface area (Å²) in [5.41, 5.74) is 0. The van der Waals surface area contributed by atoms with Gasteiger partial charge < -0.3 is 42.6 Å². The Bertz CT molecular complexity index is 324. The average molecular weight is 451 g/mol. The molecular formula is C22H42O9. The van der Waals surface area contributed by atoms with E-state index in [2.05, 4.69) is 13.2 Å². The second-order valence-electron chi connectivity index (χ2n) is 6.01. The minimum absolute atomic E-state index is 0.529. The quantitative estimate of drug-likeness (QED) is 0.130. The van der Waals surface area contributed by atoms with Crippen LogP contribution in [0.3, 0.4) is 0 Å². The summed E-state index contributed by atoms with van der Waals surface area (Å²) in [5.74, 6) is 0. The maximum atomic E-state index is 5.43. The van der Waals surface area contributed by atoms with Crippen LogP contribution in [-0.2, 0) is 42.6 Å². The summed E-state index contributed by atoms with van der Waals surface area (Å²) in [6.07, 6.45) is 3.42. The summed E-state index contributed by atoms with van der Waals surface area (Å²) in [7, 11) is 0. The van der Waals surface area contributed by atoms with Crippen LogP contribution >= 0.6 is 0 Å². The predicted octanol–water partition coefficient (Wildman–Crippen LogP) is 1.51. The molecule has 184 valence electrons. The van der Waals surface area contributed by atoms with Crippen LogP contribution in [0.4, 0.5) is 0 Å². The first kappa shape index (κ1) is 30.1. The molecule has 9 heteroatoms. The Balaban J connectivity index is 2.99. The molecule has 0 fully saturated rings. The molecule has 0 unspecified atom stereocenters. The van der Waals surface area contributed by atoms with Crippen molar-refractivity contribution >= 4 is 0 Å². The Kier molecular flexibility index (Phi) is 28.3. The molecule has 0 saturated carbocycles. The smallest absolute Gasteiger partial charge is 0.0704 e. The van der Waals surface area contributed by atoms with Crippen LogP contribution in [0.2, 0.25) is 0 Å². The van der Waals surface area contributed by atoms with Crippen molar-refractivity contribution in [1.29, 1.82) is 0 Å². The van der Waals surface area contributed by atoms with Crippen molar-refractivity contribution in [3.05, 3.63) is 25.3 Å². The van der Waals surface area contributed by atoms with Crippen LogP contribution in [0.25, 0.3) is 0 Å². The third-order valence-electron chi connectivity index (χ3n) is 3.45. The highest BCUT2D eigenvalue weighted by molar-refractivity contribution is 4.63. The first-order chi connectivity index (χ1) is 15.4. The zero-order valence-electron chi connectivity index (χ0n) is 19.0. The van der Waals surface area contributed by atoms with E-state index < -0.39 is 0 Å². The Labute approximate surface area is 187 Å². The molecule has 0 spiro atoms. The highest BCUT2D eigenvalue weighted by Crippen LogP contribution is 1.86. The monoisotopic (exact) mass is 450 g/mol. The van der Waals surface area contributed by atoms with E-state index in [4.69, 9.17) is 42.6 Å². The van der Waals surface area contributed by atoms with Crippen LogP contribution in [-0.4, -0.2) is 119 Å². The van der Waals surface area contributed by atoms with Crippen LogP contribution < -0.4 is 0 Å². The Morgan fingerprint density at radius 3 is 0.613 bits per heavy atom. The molecule has 0 aromatic rings. The molecule has 0 rings (SSSR count). The molecule has 9 nitrogen and oxygen atoms in total. The van der Waals surface area contributed by atoms with Gasteiger partial charge in [0, 0.05) is 0 Å². The molecule has 0 aliphatic carbocycles. The summed E-state index contributed by atoms with van der Waals surface area (Å²) in [4.78, 5) is 0. The van der Waals surface area contributed by atoms with Gasteiger partial charge in [-0.1, -0.05) is 12.2 Å². The normalized spacial score (nSPS) is 11.1. The highest BCUT2D eigenvalue weighted by atomic mass is 16.6. The molecule has 0 aromatic heterocycles. The molecule has 0 atom stereocenters. The largest absolute Gasteiger partial charge is 0.377 e. The highest BCUT2D eigenvalue weighted by Gasteiger charge is 1.95. The minimum Gasteiger partial charge on any atom is -0.377 e. The number of hydrogen-bond acceptors (Lipinski definition) is 9. The fraction of sp³-hybridized carbons (Fsp3) is 0.818. The molecule has 0 aromatic carbocycles. The van der Waals surface area contributed by atoms with E-state index in [9.17, 15) is 0 Å². The SMILES string of the molecule is C=CCOCCOCCOCCOCCOCCOCCOCCOCCOCC=C. The summed E-state index contributed by atoms with van der Waals surface area (Å²) < 4.78 is 48.1. The molecule has 0 aliphatic rings. The van der Waals surface area contributed by atoms with Gasteiger partial charge in [-0.3, -0.25) is 0 Å². The van der Waals surface area contributed by atoms with Gasteiger partial charge in [-0.2, -0.15) is 0 Å². The van der Waals surface area contributed by atoms with Gasteiger partial charge in [0.2, 0.25) is 0 Å². The lowest BCUT2D eigenvalue weighted by atomic mass is 10.6. The molecule has 0 heterocycles. The molecule has 31 heavy (non-hydrogen) atoms. The van der Waals surface area contributed by atoms with Gasteiger partial charge in [0.1, 0.15) is 0 Å². The maximum absolute atomic E-state index is 5.43. The first-order valence-electron chi connectivity index (χ1n) is 10.8. The van der Waals surface area contributed by atoms with Crippen molar-refractivity contribution in [2.45, 2.75) is 0 Å². The van der Waals surface area contributed by atoms with Crippen LogP contribution in [0.15, 0.2) is 25.3 Å². The fourth-order valence-electron chi connectivity index (χ4n) is 1.99. The fourth-order valence-corrected chi connectivity index (χ4v) is 1.99. The van der Waals surface area contributed by atoms with Gasteiger partial charge in [-0.25, -0.2) is 0 Å². The zero-order chi connectivity index (χ0) is 22.5. The van der Waals surface area contributed by atoms with Gasteiger partial charge in [0.15, 0.2) is 0 Å². The van der Waals surface area contributed by atoms with Gasteiger partial charge in [-0.05, 0) is 0 Å². The number of ether oxygens (including phenoxy) is 9. The zero-order valence-corrected chi connectivity index (χ0v) is 19.0. The Hall–Kier alpha value is -0.880. The van der Waals surface area contributed by atoms with Gasteiger partial charge in [-0.15, -0.1) is 13.2 Å². The van der Waals surface area contributed by atoms with Gasteiger partial charge in [0.25, 0.3) is 0 Å². The van der Waals surface area contributed by atoms with Crippen LogP contribution in [0.1, 0.15) is 0 Å². The van der Waals surface area contributed by atoms with Crippen LogP contribution in [0, 0.1) is 0 Å². The van der Waals surface area contributed by atoms with E-state index in [-0.39, 0.29) is 0 Å². The lowest BCUT2D eigenvalue weighted by Crippen LogP contribution is -2.15. The van der Waals surface area contributed by atoms with Gasteiger partial charge in [0.05, 0.1) is 119 Å². The van der Waals surface area contributed by atoms with Crippen molar-refractivity contribution in [2.24, 2.45) is 0 Å². The Morgan fingerprint density at radius 2 is 0.452 bits per heavy atom. The molecule has 0 saturated heterocycles. The second-order valence-corrected chi connectivity index (χ2v) is 6.01. The lowest BCUT2D eigenvalue weighted by molar-refractivity contribution is -0.0242. The van der Waals surface area contributed by atoms with Crippen molar-refractivity contribution in [1.82, 2.24) is 0 Å². The molecule has 0 bridgehead atoms. The van der Waals surface area contributed by atoms with Gasteiger partial charge >= 0.3 is 0 Å². The van der Waals surface area contributed by atoms with E-state index >= 15 is 0 Å². The summed E-state index contributed by atoms with van der Waals surface area (Å²) >= 11 is 0. The van der Waals surface area contributed by atoms with E-state index in [0.29, 0.717) is 119 Å². The minimum atomic E-state index is 0.529. The van der Waals surface area contributed by atoms with Crippen molar-refractivity contribution in [2.75, 3.05) is 119 Å². The molecule has 0 amide bonds. The molecule has 0 aliphatic heterocycles. The Morgan fingerprint density at radius 1 is 0.290 bits per heavy atom. The summed E-state index contributed by atoms with van der Waals surface area (Å²) in [5, 5.41) is 0. The van der Waals surface area contributed by atoms with E-state index in [1.165, 1.54) is 0 Å². The van der Waals surface area contributed by atoms with E-state index in [1.807, 2.05) is 0 Å². The third-order valence-corrected chi connectivity index (χ3v) is 3.45. The number of rotatable bonds is 28. The maximum Gasteiger partial charge on any atom is 0.0704 e. The molecule has 0 N–H and O–H groups in total. The standard InChI is InChI=1S/C22H42O9/c1-3-5-23-7-9-25-11-13-27-15-17-29-19-21-31-22-20-30-18-16-28-14-12-26-10-8-24-6-4-2/h3-4H,1-2,5-22H2. The van der Waals surface area contributed by atoms with Crippen molar-refractivity contribution in [3.63, 3.8) is 0 Å². The first-order valence-corrected chi connectivity index (χ1v) is 10.8. The van der Waals surface area contributed by atoms with Crippen molar-refractivity contribution < 1.29 is 42.6 Å². The van der Waals surface area contributed by atoms with E-state index in [0.717, 1.165) is 0 Å². The summed E-state index contributed by atoms with van der Waals surface area (Å²) in [6.45, 7) is 16.9. The predicted molar refractivity (Wildman–Crippen MR) is 118 cm³/mol. The second kappa shape index (κ2) is 29.1.